The van der Waals surface area contributed by atoms with Crippen LogP contribution in [0.3, 0.4) is 0 Å². The minimum Gasteiger partial charge on any atom is -0.355 e. The lowest BCUT2D eigenvalue weighted by Gasteiger charge is -2.33. The van der Waals surface area contributed by atoms with Crippen molar-refractivity contribution in [1.82, 2.24) is 14.9 Å². The topological polar surface area (TPSA) is 76.4 Å². The van der Waals surface area contributed by atoms with Gasteiger partial charge >= 0.3 is 0 Å². The highest BCUT2D eigenvalue weighted by molar-refractivity contribution is 5.82. The van der Waals surface area contributed by atoms with E-state index in [1.165, 1.54) is 6.33 Å². The van der Waals surface area contributed by atoms with Crippen LogP contribution in [0.1, 0.15) is 11.1 Å². The molecule has 128 valence electrons. The lowest BCUT2D eigenvalue weighted by Crippen LogP contribution is -2.48. The van der Waals surface area contributed by atoms with Crippen molar-refractivity contribution in [2.75, 3.05) is 43.5 Å². The molecule has 0 saturated carbocycles. The smallest absolute Gasteiger partial charge is 0.241 e. The van der Waals surface area contributed by atoms with Gasteiger partial charge in [-0.3, -0.25) is 4.79 Å². The monoisotopic (exact) mass is 336 g/mol. The van der Waals surface area contributed by atoms with Gasteiger partial charge in [-0.1, -0.05) is 12.1 Å². The van der Waals surface area contributed by atoms with Crippen molar-refractivity contribution in [3.05, 3.63) is 47.8 Å². The van der Waals surface area contributed by atoms with Gasteiger partial charge in [-0.15, -0.1) is 0 Å². The maximum Gasteiger partial charge on any atom is 0.241 e. The van der Waals surface area contributed by atoms with E-state index < -0.39 is 0 Å². The molecule has 2 aromatic rings. The van der Waals surface area contributed by atoms with E-state index >= 15 is 0 Å². The van der Waals surface area contributed by atoms with E-state index in [2.05, 4.69) is 16.0 Å². The number of carbonyl (C=O) groups excluding carboxylic acids is 1. The fourth-order valence-corrected chi connectivity index (χ4v) is 2.71. The molecule has 3 rings (SSSR count). The van der Waals surface area contributed by atoms with Gasteiger partial charge in [0.2, 0.25) is 5.91 Å². The average Bonchev–Trinajstić information content (AvgIpc) is 2.64. The van der Waals surface area contributed by atoms with Crippen LogP contribution >= 0.6 is 0 Å². The van der Waals surface area contributed by atoms with Crippen LogP contribution in [-0.4, -0.2) is 54.5 Å². The largest absolute Gasteiger partial charge is 0.355 e. The van der Waals surface area contributed by atoms with Gasteiger partial charge in [0.25, 0.3) is 0 Å². The number of rotatable bonds is 4. The summed E-state index contributed by atoms with van der Waals surface area (Å²) in [6.07, 6.45) is 1.53. The number of benzene rings is 1. The zero-order valence-electron chi connectivity index (χ0n) is 14.4. The second-order valence-electron chi connectivity index (χ2n) is 6.14. The number of likely N-dealkylation sites (N-methyl/N-ethyl adjacent to an activating group) is 1. The zero-order chi connectivity index (χ0) is 17.8. The SMILES string of the molecule is CN1CCN(c2cc(N(C)Cc3ccc(C#N)cc3)ncn2)CC1=O. The van der Waals surface area contributed by atoms with Gasteiger partial charge in [0.1, 0.15) is 18.0 Å². The van der Waals surface area contributed by atoms with Gasteiger partial charge in [0.05, 0.1) is 18.2 Å². The summed E-state index contributed by atoms with van der Waals surface area (Å²) in [5.74, 6) is 1.65. The molecule has 0 bridgehead atoms. The number of amides is 1. The van der Waals surface area contributed by atoms with Crippen molar-refractivity contribution < 1.29 is 4.79 Å². The molecule has 1 aromatic heterocycles. The molecule has 0 unspecified atom stereocenters. The number of nitrogens with zero attached hydrogens (tertiary/aromatic N) is 6. The van der Waals surface area contributed by atoms with Crippen LogP contribution in [0.25, 0.3) is 0 Å². The molecule has 1 aliphatic rings. The Balaban J connectivity index is 1.72. The summed E-state index contributed by atoms with van der Waals surface area (Å²) in [4.78, 5) is 26.3. The lowest BCUT2D eigenvalue weighted by molar-refractivity contribution is -0.129. The van der Waals surface area contributed by atoms with Gasteiger partial charge in [-0.2, -0.15) is 5.26 Å². The Bertz CT molecular complexity index is 798. The number of hydrogen-bond donors (Lipinski definition) is 0. The number of aromatic nitrogens is 2. The van der Waals surface area contributed by atoms with Gasteiger partial charge in [0, 0.05) is 39.8 Å². The number of hydrogen-bond acceptors (Lipinski definition) is 6. The molecule has 1 aromatic carbocycles. The first-order valence-corrected chi connectivity index (χ1v) is 8.08. The highest BCUT2D eigenvalue weighted by Crippen LogP contribution is 2.19. The van der Waals surface area contributed by atoms with E-state index in [4.69, 9.17) is 5.26 Å². The molecule has 7 heteroatoms. The Labute approximate surface area is 147 Å². The first-order chi connectivity index (χ1) is 12.1. The Kier molecular flexibility index (Phi) is 4.80. The molecule has 25 heavy (non-hydrogen) atoms. The van der Waals surface area contributed by atoms with E-state index in [1.807, 2.05) is 54.2 Å². The molecule has 0 spiro atoms. The highest BCUT2D eigenvalue weighted by atomic mass is 16.2. The summed E-state index contributed by atoms with van der Waals surface area (Å²) < 4.78 is 0. The second-order valence-corrected chi connectivity index (χ2v) is 6.14. The van der Waals surface area contributed by atoms with Crippen molar-refractivity contribution in [1.29, 1.82) is 5.26 Å². The first-order valence-electron chi connectivity index (χ1n) is 8.08. The number of piperazine rings is 1. The molecular weight excluding hydrogens is 316 g/mol. The molecule has 0 radical (unpaired) electrons. The molecule has 1 saturated heterocycles. The molecular formula is C18H20N6O. The molecule has 0 atom stereocenters. The lowest BCUT2D eigenvalue weighted by atomic mass is 10.1. The normalized spacial score (nSPS) is 14.4. The number of nitriles is 1. The molecule has 1 aliphatic heterocycles. The van der Waals surface area contributed by atoms with Crippen molar-refractivity contribution in [3.63, 3.8) is 0 Å². The third-order valence-corrected chi connectivity index (χ3v) is 4.31. The third kappa shape index (κ3) is 3.86. The van der Waals surface area contributed by atoms with E-state index in [0.717, 1.165) is 23.7 Å². The predicted octanol–water partition coefficient (Wildman–Crippen LogP) is 1.26. The summed E-state index contributed by atoms with van der Waals surface area (Å²) in [6, 6.07) is 11.5. The van der Waals surface area contributed by atoms with Crippen molar-refractivity contribution in [3.8, 4) is 6.07 Å². The van der Waals surface area contributed by atoms with Gasteiger partial charge in [-0.05, 0) is 17.7 Å². The number of carbonyl (C=O) groups is 1. The standard InChI is InChI=1S/C18H20N6O/c1-22-7-8-24(12-18(22)25)17-9-16(20-13-21-17)23(2)11-15-5-3-14(10-19)4-6-15/h3-6,9,13H,7-8,11-12H2,1-2H3. The van der Waals surface area contributed by atoms with E-state index in [-0.39, 0.29) is 5.91 Å². The fraction of sp³-hybridized carbons (Fsp3) is 0.333. The maximum absolute atomic E-state index is 11.9. The highest BCUT2D eigenvalue weighted by Gasteiger charge is 2.22. The number of anilines is 2. The minimum absolute atomic E-state index is 0.0948. The predicted molar refractivity (Wildman–Crippen MR) is 95.1 cm³/mol. The van der Waals surface area contributed by atoms with Crippen molar-refractivity contribution >= 4 is 17.5 Å². The van der Waals surface area contributed by atoms with Crippen LogP contribution in [0.4, 0.5) is 11.6 Å². The second kappa shape index (κ2) is 7.18. The zero-order valence-corrected chi connectivity index (χ0v) is 14.4. The van der Waals surface area contributed by atoms with Crippen LogP contribution in [0, 0.1) is 11.3 Å². The minimum atomic E-state index is 0.0948. The van der Waals surface area contributed by atoms with E-state index in [9.17, 15) is 4.79 Å². The van der Waals surface area contributed by atoms with Crippen LogP contribution in [-0.2, 0) is 11.3 Å². The van der Waals surface area contributed by atoms with Crippen LogP contribution < -0.4 is 9.80 Å². The van der Waals surface area contributed by atoms with Crippen molar-refractivity contribution in [2.45, 2.75) is 6.54 Å². The third-order valence-electron chi connectivity index (χ3n) is 4.31. The molecule has 0 aliphatic carbocycles. The summed E-state index contributed by atoms with van der Waals surface area (Å²) in [6.45, 7) is 2.47. The van der Waals surface area contributed by atoms with Crippen LogP contribution in [0.15, 0.2) is 36.7 Å². The summed E-state index contributed by atoms with van der Waals surface area (Å²) in [5.41, 5.74) is 1.74. The maximum atomic E-state index is 11.9. The summed E-state index contributed by atoms with van der Waals surface area (Å²) >= 11 is 0. The Morgan fingerprint density at radius 3 is 2.68 bits per heavy atom. The fourth-order valence-electron chi connectivity index (χ4n) is 2.71. The molecule has 7 nitrogen and oxygen atoms in total. The quantitative estimate of drug-likeness (QED) is 0.837. The van der Waals surface area contributed by atoms with Crippen LogP contribution in [0.2, 0.25) is 0 Å². The van der Waals surface area contributed by atoms with E-state index in [0.29, 0.717) is 25.2 Å². The molecule has 1 amide bonds. The molecule has 0 N–H and O–H groups in total. The first kappa shape index (κ1) is 16.7. The molecule has 2 heterocycles. The van der Waals surface area contributed by atoms with Crippen molar-refractivity contribution in [2.24, 2.45) is 0 Å². The van der Waals surface area contributed by atoms with Gasteiger partial charge < -0.3 is 14.7 Å². The molecule has 1 fully saturated rings. The summed E-state index contributed by atoms with van der Waals surface area (Å²) in [7, 11) is 3.77. The Morgan fingerprint density at radius 2 is 2.00 bits per heavy atom. The van der Waals surface area contributed by atoms with Gasteiger partial charge in [-0.25, -0.2) is 9.97 Å². The van der Waals surface area contributed by atoms with E-state index in [1.54, 1.807) is 4.90 Å². The van der Waals surface area contributed by atoms with Crippen LogP contribution in [0.5, 0.6) is 0 Å². The summed E-state index contributed by atoms with van der Waals surface area (Å²) in [5, 5.41) is 8.87. The Hall–Kier alpha value is -3.14. The Morgan fingerprint density at radius 1 is 1.24 bits per heavy atom. The average molecular weight is 336 g/mol. The van der Waals surface area contributed by atoms with Gasteiger partial charge in [0.15, 0.2) is 0 Å².